The zero-order valence-corrected chi connectivity index (χ0v) is 26.4. The number of hydrogen-bond acceptors (Lipinski definition) is 4. The molecule has 8 aromatic rings. The smallest absolute Gasteiger partial charge is 0.128 e. The Hall–Kier alpha value is -5.68. The number of aliphatic hydroxyl groups excluding tert-OH is 2. The standard InChI is InChI=1S/C44H34O4/c45-23-25-47-39-21-19-31-11-5-13-37(35-17-15-29-7-1-3-9-33(29)27-35)41(31)43(39)44-40(48-26-24-46)22-20-32-12-6-14-38(42(32)44)36-18-16-30-8-2-4-10-34(30)28-36/h1-22,27-28,45-46H,23-26H2. The highest BCUT2D eigenvalue weighted by molar-refractivity contribution is 6.17. The van der Waals surface area contributed by atoms with Gasteiger partial charge in [-0.15, -0.1) is 0 Å². The van der Waals surface area contributed by atoms with Crippen LogP contribution in [0.15, 0.2) is 146 Å². The lowest BCUT2D eigenvalue weighted by Crippen LogP contribution is -2.06. The molecule has 0 aliphatic carbocycles. The molecule has 234 valence electrons. The molecule has 0 aromatic heterocycles. The van der Waals surface area contributed by atoms with Crippen molar-refractivity contribution in [1.82, 2.24) is 0 Å². The fourth-order valence-electron chi connectivity index (χ4n) is 6.96. The Morgan fingerprint density at radius 2 is 0.771 bits per heavy atom. The van der Waals surface area contributed by atoms with Crippen LogP contribution in [-0.4, -0.2) is 36.6 Å². The highest BCUT2D eigenvalue weighted by Gasteiger charge is 2.23. The second-order valence-corrected chi connectivity index (χ2v) is 12.0. The average Bonchev–Trinajstić information content (AvgIpc) is 3.15. The molecule has 0 aliphatic rings. The van der Waals surface area contributed by atoms with Crippen molar-refractivity contribution < 1.29 is 19.7 Å². The molecular formula is C44H34O4. The van der Waals surface area contributed by atoms with E-state index in [9.17, 15) is 10.2 Å². The molecule has 2 N–H and O–H groups in total. The number of benzene rings is 8. The van der Waals surface area contributed by atoms with Gasteiger partial charge in [0.15, 0.2) is 0 Å². The molecule has 0 saturated carbocycles. The van der Waals surface area contributed by atoms with E-state index < -0.39 is 0 Å². The Bertz CT molecular complexity index is 2270. The third-order valence-corrected chi connectivity index (χ3v) is 9.08. The quantitative estimate of drug-likeness (QED) is 0.167. The highest BCUT2D eigenvalue weighted by atomic mass is 16.5. The van der Waals surface area contributed by atoms with Gasteiger partial charge in [-0.3, -0.25) is 0 Å². The van der Waals surface area contributed by atoms with Crippen molar-refractivity contribution in [3.05, 3.63) is 146 Å². The van der Waals surface area contributed by atoms with E-state index in [4.69, 9.17) is 9.47 Å². The maximum absolute atomic E-state index is 9.88. The maximum atomic E-state index is 9.88. The summed E-state index contributed by atoms with van der Waals surface area (Å²) in [5, 5.41) is 28.6. The van der Waals surface area contributed by atoms with Crippen LogP contribution in [0.1, 0.15) is 0 Å². The van der Waals surface area contributed by atoms with Crippen molar-refractivity contribution in [2.45, 2.75) is 0 Å². The van der Waals surface area contributed by atoms with Crippen LogP contribution in [-0.2, 0) is 0 Å². The van der Waals surface area contributed by atoms with E-state index in [1.807, 2.05) is 12.1 Å². The number of fused-ring (bicyclic) bond motifs is 4. The third-order valence-electron chi connectivity index (χ3n) is 9.08. The minimum absolute atomic E-state index is 0.116. The minimum Gasteiger partial charge on any atom is -0.491 e. The van der Waals surface area contributed by atoms with E-state index in [1.54, 1.807) is 0 Å². The summed E-state index contributed by atoms with van der Waals surface area (Å²) >= 11 is 0. The molecule has 0 saturated heterocycles. The molecule has 8 rings (SSSR count). The molecule has 0 radical (unpaired) electrons. The molecule has 0 heterocycles. The molecule has 0 aliphatic heterocycles. The van der Waals surface area contributed by atoms with Crippen LogP contribution in [0.2, 0.25) is 0 Å². The molecule has 48 heavy (non-hydrogen) atoms. The Labute approximate surface area is 279 Å². The summed E-state index contributed by atoms with van der Waals surface area (Å²) in [7, 11) is 0. The summed E-state index contributed by atoms with van der Waals surface area (Å²) in [6.45, 7) is 0.0582. The topological polar surface area (TPSA) is 58.9 Å². The van der Waals surface area contributed by atoms with Gasteiger partial charge in [0.05, 0.1) is 13.2 Å². The van der Waals surface area contributed by atoms with Crippen LogP contribution in [0.3, 0.4) is 0 Å². The Kier molecular flexibility index (Phi) is 7.95. The van der Waals surface area contributed by atoms with Crippen molar-refractivity contribution in [3.63, 3.8) is 0 Å². The summed E-state index contributed by atoms with van der Waals surface area (Å²) in [5.74, 6) is 1.30. The fourth-order valence-corrected chi connectivity index (χ4v) is 6.96. The molecule has 0 unspecified atom stereocenters. The highest BCUT2D eigenvalue weighted by Crippen LogP contribution is 2.50. The van der Waals surface area contributed by atoms with Crippen molar-refractivity contribution in [2.75, 3.05) is 26.4 Å². The van der Waals surface area contributed by atoms with E-state index in [-0.39, 0.29) is 26.4 Å². The maximum Gasteiger partial charge on any atom is 0.128 e. The van der Waals surface area contributed by atoms with E-state index in [0.29, 0.717) is 11.5 Å². The molecule has 4 nitrogen and oxygen atoms in total. The van der Waals surface area contributed by atoms with E-state index in [0.717, 1.165) is 65.7 Å². The molecule has 8 aromatic carbocycles. The fraction of sp³-hybridized carbons (Fsp3) is 0.0909. The van der Waals surface area contributed by atoms with Crippen molar-refractivity contribution >= 4 is 43.1 Å². The predicted octanol–water partition coefficient (Wildman–Crippen LogP) is 10.0. The molecule has 0 spiro atoms. The average molecular weight is 627 g/mol. The SMILES string of the molecule is OCCOc1ccc2cccc(-c3ccc4ccccc4c3)c2c1-c1c(OCCO)ccc2cccc(-c3ccc4ccccc4c3)c12. The summed E-state index contributed by atoms with van der Waals surface area (Å²) in [6.07, 6.45) is 0. The second-order valence-electron chi connectivity index (χ2n) is 12.0. The van der Waals surface area contributed by atoms with Crippen molar-refractivity contribution in [3.8, 4) is 44.9 Å². The van der Waals surface area contributed by atoms with Gasteiger partial charge in [-0.2, -0.15) is 0 Å². The first kappa shape index (κ1) is 29.7. The summed E-state index contributed by atoms with van der Waals surface area (Å²) in [6, 6.07) is 50.9. The van der Waals surface area contributed by atoms with Crippen molar-refractivity contribution in [1.29, 1.82) is 0 Å². The van der Waals surface area contributed by atoms with Crippen LogP contribution in [0.25, 0.3) is 76.5 Å². The van der Waals surface area contributed by atoms with Gasteiger partial charge in [0.1, 0.15) is 24.7 Å². The van der Waals surface area contributed by atoms with Gasteiger partial charge in [-0.25, -0.2) is 0 Å². The van der Waals surface area contributed by atoms with Gasteiger partial charge in [-0.1, -0.05) is 121 Å². The number of aliphatic hydroxyl groups is 2. The first-order chi connectivity index (χ1) is 23.7. The molecule has 0 fully saturated rings. The monoisotopic (exact) mass is 626 g/mol. The van der Waals surface area contributed by atoms with E-state index in [1.165, 1.54) is 10.8 Å². The van der Waals surface area contributed by atoms with Gasteiger partial charge in [0, 0.05) is 21.9 Å². The summed E-state index contributed by atoms with van der Waals surface area (Å²) in [5.41, 5.74) is 6.08. The van der Waals surface area contributed by atoms with E-state index in [2.05, 4.69) is 133 Å². The molecule has 4 heteroatoms. The zero-order chi connectivity index (χ0) is 32.5. The van der Waals surface area contributed by atoms with Crippen LogP contribution in [0, 0.1) is 0 Å². The molecule has 0 atom stereocenters. The Balaban J connectivity index is 1.50. The van der Waals surface area contributed by atoms with Gasteiger partial charge >= 0.3 is 0 Å². The third kappa shape index (κ3) is 5.31. The number of rotatable bonds is 9. The first-order valence-corrected chi connectivity index (χ1v) is 16.3. The molecule has 0 amide bonds. The summed E-state index contributed by atoms with van der Waals surface area (Å²) < 4.78 is 12.7. The van der Waals surface area contributed by atoms with Gasteiger partial charge in [0.2, 0.25) is 0 Å². The Morgan fingerprint density at radius 1 is 0.375 bits per heavy atom. The van der Waals surface area contributed by atoms with Crippen molar-refractivity contribution in [2.24, 2.45) is 0 Å². The van der Waals surface area contributed by atoms with Gasteiger partial charge < -0.3 is 19.7 Å². The van der Waals surface area contributed by atoms with Crippen LogP contribution >= 0.6 is 0 Å². The van der Waals surface area contributed by atoms with Crippen LogP contribution in [0.4, 0.5) is 0 Å². The first-order valence-electron chi connectivity index (χ1n) is 16.3. The lowest BCUT2D eigenvalue weighted by molar-refractivity contribution is 0.200. The Morgan fingerprint density at radius 3 is 1.21 bits per heavy atom. The normalized spacial score (nSPS) is 11.5. The molecular weight excluding hydrogens is 592 g/mol. The largest absolute Gasteiger partial charge is 0.491 e. The predicted molar refractivity (Wildman–Crippen MR) is 198 cm³/mol. The van der Waals surface area contributed by atoms with E-state index >= 15 is 0 Å². The second kappa shape index (κ2) is 12.8. The van der Waals surface area contributed by atoms with Gasteiger partial charge in [-0.05, 0) is 78.8 Å². The van der Waals surface area contributed by atoms with Crippen LogP contribution < -0.4 is 9.47 Å². The lowest BCUT2D eigenvalue weighted by Gasteiger charge is -2.22. The number of ether oxygens (including phenoxy) is 2. The zero-order valence-electron chi connectivity index (χ0n) is 26.4. The minimum atomic E-state index is -0.116. The summed E-state index contributed by atoms with van der Waals surface area (Å²) in [4.78, 5) is 0. The van der Waals surface area contributed by atoms with Crippen LogP contribution in [0.5, 0.6) is 11.5 Å². The lowest BCUT2D eigenvalue weighted by atomic mass is 9.85. The number of hydrogen-bond donors (Lipinski definition) is 2. The van der Waals surface area contributed by atoms with Gasteiger partial charge in [0.25, 0.3) is 0 Å². The molecule has 0 bridgehead atoms.